The normalized spacial score (nSPS) is 11.4. The highest BCUT2D eigenvalue weighted by Gasteiger charge is 2.29. The Hall–Kier alpha value is -1.62. The lowest BCUT2D eigenvalue weighted by atomic mass is 10.3. The predicted molar refractivity (Wildman–Crippen MR) is 66.2 cm³/mol. The largest absolute Gasteiger partial charge is 0.323 e. The SMILES string of the molecule is C[Si](C)(C)N(c1ccccc1)c1ncno1. The second-order valence-electron chi connectivity index (χ2n) is 4.57. The molecule has 0 atom stereocenters. The molecule has 0 fully saturated rings. The van der Waals surface area contributed by atoms with Crippen LogP contribution in [-0.4, -0.2) is 18.4 Å². The first-order valence-electron chi connectivity index (χ1n) is 5.21. The van der Waals surface area contributed by atoms with Gasteiger partial charge in [-0.25, -0.2) is 0 Å². The number of para-hydroxylation sites is 1. The molecule has 1 heterocycles. The minimum absolute atomic E-state index is 0.574. The van der Waals surface area contributed by atoms with Crippen LogP contribution in [0, 0.1) is 0 Å². The number of anilines is 2. The Balaban J connectivity index is 2.45. The van der Waals surface area contributed by atoms with Crippen molar-refractivity contribution in [2.45, 2.75) is 19.6 Å². The molecule has 0 bridgehead atoms. The average molecular weight is 233 g/mol. The standard InChI is InChI=1S/C11H15N3OSi/c1-16(2,3)14(11-12-9-13-15-11)10-7-5-4-6-8-10/h4-9H,1-3H3. The average Bonchev–Trinajstić information content (AvgIpc) is 2.71. The zero-order valence-electron chi connectivity index (χ0n) is 9.71. The molecule has 0 radical (unpaired) electrons. The monoisotopic (exact) mass is 233 g/mol. The molecular weight excluding hydrogens is 218 g/mol. The van der Waals surface area contributed by atoms with Crippen LogP contribution < -0.4 is 4.57 Å². The summed E-state index contributed by atoms with van der Waals surface area (Å²) in [4.78, 5) is 4.14. The van der Waals surface area contributed by atoms with E-state index in [9.17, 15) is 0 Å². The van der Waals surface area contributed by atoms with Crippen LogP contribution in [0.3, 0.4) is 0 Å². The van der Waals surface area contributed by atoms with Gasteiger partial charge in [0.05, 0.1) is 0 Å². The summed E-state index contributed by atoms with van der Waals surface area (Å²) in [6.45, 7) is 6.72. The van der Waals surface area contributed by atoms with Crippen molar-refractivity contribution in [3.8, 4) is 0 Å². The summed E-state index contributed by atoms with van der Waals surface area (Å²) in [5.74, 6) is 0. The maximum Gasteiger partial charge on any atom is 0.320 e. The lowest BCUT2D eigenvalue weighted by Gasteiger charge is -2.32. The van der Waals surface area contributed by atoms with Gasteiger partial charge >= 0.3 is 6.01 Å². The van der Waals surface area contributed by atoms with E-state index in [1.807, 2.05) is 18.2 Å². The summed E-state index contributed by atoms with van der Waals surface area (Å²) >= 11 is 0. The molecule has 84 valence electrons. The zero-order valence-corrected chi connectivity index (χ0v) is 10.7. The van der Waals surface area contributed by atoms with Crippen LogP contribution in [-0.2, 0) is 0 Å². The van der Waals surface area contributed by atoms with Crippen molar-refractivity contribution in [1.82, 2.24) is 10.1 Å². The Morgan fingerprint density at radius 1 is 1.12 bits per heavy atom. The Morgan fingerprint density at radius 2 is 1.81 bits per heavy atom. The first-order valence-corrected chi connectivity index (χ1v) is 8.66. The van der Waals surface area contributed by atoms with E-state index >= 15 is 0 Å². The Bertz CT molecular complexity index is 436. The molecule has 2 aromatic rings. The molecule has 0 aliphatic rings. The summed E-state index contributed by atoms with van der Waals surface area (Å²) in [6, 6.07) is 10.7. The molecular formula is C11H15N3OSi. The number of hydrogen-bond donors (Lipinski definition) is 0. The summed E-state index contributed by atoms with van der Waals surface area (Å²) in [6.07, 6.45) is 1.44. The fraction of sp³-hybridized carbons (Fsp3) is 0.273. The van der Waals surface area contributed by atoms with Gasteiger partial charge in [-0.15, -0.1) is 0 Å². The van der Waals surface area contributed by atoms with Crippen molar-refractivity contribution in [2.24, 2.45) is 0 Å². The van der Waals surface area contributed by atoms with Gasteiger partial charge in [0, 0.05) is 5.69 Å². The third-order valence-corrected chi connectivity index (χ3v) is 4.02. The first-order chi connectivity index (χ1) is 7.59. The summed E-state index contributed by atoms with van der Waals surface area (Å²) < 4.78 is 7.33. The van der Waals surface area contributed by atoms with Gasteiger partial charge in [0.2, 0.25) is 0 Å². The van der Waals surface area contributed by atoms with E-state index in [1.54, 1.807) is 0 Å². The van der Waals surface area contributed by atoms with Gasteiger partial charge in [0.15, 0.2) is 14.6 Å². The Morgan fingerprint density at radius 3 is 2.31 bits per heavy atom. The third kappa shape index (κ3) is 2.14. The second kappa shape index (κ2) is 4.09. The maximum atomic E-state index is 5.18. The van der Waals surface area contributed by atoms with E-state index in [1.165, 1.54) is 6.33 Å². The van der Waals surface area contributed by atoms with Crippen molar-refractivity contribution in [3.05, 3.63) is 36.7 Å². The Labute approximate surface area is 96.0 Å². The van der Waals surface area contributed by atoms with Crippen LogP contribution in [0.5, 0.6) is 0 Å². The van der Waals surface area contributed by atoms with Crippen LogP contribution in [0.25, 0.3) is 0 Å². The zero-order chi connectivity index (χ0) is 11.6. The summed E-state index contributed by atoms with van der Waals surface area (Å²) in [7, 11) is -1.59. The molecule has 0 spiro atoms. The van der Waals surface area contributed by atoms with E-state index in [0.717, 1.165) is 5.69 Å². The minimum atomic E-state index is -1.59. The molecule has 0 saturated carbocycles. The van der Waals surface area contributed by atoms with Crippen LogP contribution in [0.4, 0.5) is 11.7 Å². The molecule has 16 heavy (non-hydrogen) atoms. The summed E-state index contributed by atoms with van der Waals surface area (Å²) in [5, 5.41) is 3.68. The highest BCUT2D eigenvalue weighted by molar-refractivity contribution is 6.80. The van der Waals surface area contributed by atoms with Gasteiger partial charge in [-0.2, -0.15) is 4.98 Å². The van der Waals surface area contributed by atoms with Gasteiger partial charge in [0.25, 0.3) is 0 Å². The summed E-state index contributed by atoms with van der Waals surface area (Å²) in [5.41, 5.74) is 1.10. The number of aromatic nitrogens is 2. The van der Waals surface area contributed by atoms with Gasteiger partial charge in [-0.3, -0.25) is 0 Å². The number of nitrogens with zero attached hydrogens (tertiary/aromatic N) is 3. The fourth-order valence-electron chi connectivity index (χ4n) is 1.63. The van der Waals surface area contributed by atoms with E-state index < -0.39 is 8.24 Å². The number of rotatable bonds is 3. The molecule has 1 aromatic carbocycles. The van der Waals surface area contributed by atoms with E-state index in [4.69, 9.17) is 4.52 Å². The van der Waals surface area contributed by atoms with Crippen molar-refractivity contribution in [3.63, 3.8) is 0 Å². The molecule has 0 amide bonds. The van der Waals surface area contributed by atoms with E-state index in [2.05, 4.69) is 46.5 Å². The molecule has 2 rings (SSSR count). The quantitative estimate of drug-likeness (QED) is 0.764. The number of hydrogen-bond acceptors (Lipinski definition) is 4. The Kier molecular flexibility index (Phi) is 2.78. The van der Waals surface area contributed by atoms with Gasteiger partial charge in [-0.05, 0) is 12.1 Å². The highest BCUT2D eigenvalue weighted by atomic mass is 28.3. The lowest BCUT2D eigenvalue weighted by Crippen LogP contribution is -2.42. The molecule has 1 aromatic heterocycles. The van der Waals surface area contributed by atoms with E-state index in [-0.39, 0.29) is 0 Å². The van der Waals surface area contributed by atoms with Crippen LogP contribution in [0.2, 0.25) is 19.6 Å². The molecule has 4 nitrogen and oxygen atoms in total. The molecule has 0 N–H and O–H groups in total. The number of benzene rings is 1. The van der Waals surface area contributed by atoms with Gasteiger partial charge in [0.1, 0.15) is 0 Å². The highest BCUT2D eigenvalue weighted by Crippen LogP contribution is 2.28. The second-order valence-corrected chi connectivity index (χ2v) is 9.35. The van der Waals surface area contributed by atoms with Crippen molar-refractivity contribution < 1.29 is 4.52 Å². The smallest absolute Gasteiger partial charge is 0.320 e. The van der Waals surface area contributed by atoms with Crippen molar-refractivity contribution >= 4 is 19.9 Å². The molecule has 0 aliphatic heterocycles. The molecule has 5 heteroatoms. The van der Waals surface area contributed by atoms with Gasteiger partial charge in [-0.1, -0.05) is 43.0 Å². The van der Waals surface area contributed by atoms with Crippen molar-refractivity contribution in [1.29, 1.82) is 0 Å². The van der Waals surface area contributed by atoms with Crippen LogP contribution in [0.1, 0.15) is 0 Å². The molecule has 0 saturated heterocycles. The fourth-order valence-corrected chi connectivity index (χ4v) is 3.22. The first kappa shape index (κ1) is 10.9. The van der Waals surface area contributed by atoms with E-state index in [0.29, 0.717) is 6.01 Å². The topological polar surface area (TPSA) is 42.2 Å². The van der Waals surface area contributed by atoms with Crippen molar-refractivity contribution in [2.75, 3.05) is 4.57 Å². The minimum Gasteiger partial charge on any atom is -0.323 e. The maximum absolute atomic E-state index is 5.18. The lowest BCUT2D eigenvalue weighted by molar-refractivity contribution is 0.427. The van der Waals surface area contributed by atoms with Crippen LogP contribution in [0.15, 0.2) is 41.2 Å². The predicted octanol–water partition coefficient (Wildman–Crippen LogP) is 3.04. The third-order valence-electron chi connectivity index (χ3n) is 2.23. The van der Waals surface area contributed by atoms with Crippen LogP contribution >= 0.6 is 0 Å². The van der Waals surface area contributed by atoms with Gasteiger partial charge < -0.3 is 9.09 Å². The molecule has 0 aliphatic carbocycles. The molecule has 0 unspecified atom stereocenters.